The Hall–Kier alpha value is -2.63. The van der Waals surface area contributed by atoms with E-state index in [1.807, 2.05) is 30.3 Å². The van der Waals surface area contributed by atoms with Crippen molar-refractivity contribution in [1.29, 1.82) is 0 Å². The van der Waals surface area contributed by atoms with E-state index >= 15 is 0 Å². The molecule has 1 aromatic heterocycles. The van der Waals surface area contributed by atoms with Crippen molar-refractivity contribution >= 4 is 45.7 Å². The van der Waals surface area contributed by atoms with Gasteiger partial charge in [-0.25, -0.2) is 4.98 Å². The molecule has 0 saturated carbocycles. The summed E-state index contributed by atoms with van der Waals surface area (Å²) in [6.07, 6.45) is 2.95. The van der Waals surface area contributed by atoms with Crippen molar-refractivity contribution in [2.75, 3.05) is 11.4 Å². The molecule has 0 aliphatic rings. The highest BCUT2D eigenvalue weighted by molar-refractivity contribution is 6.38. The van der Waals surface area contributed by atoms with Crippen LogP contribution < -0.4 is 10.5 Å². The number of hydrogen-bond acceptors (Lipinski definition) is 3. The van der Waals surface area contributed by atoms with E-state index < -0.39 is 0 Å². The predicted octanol–water partition coefficient (Wildman–Crippen LogP) is 3.92. The Morgan fingerprint density at radius 2 is 1.96 bits per heavy atom. The monoisotopic (exact) mass is 387 g/mol. The average Bonchev–Trinajstić information content (AvgIpc) is 2.63. The van der Waals surface area contributed by atoms with Crippen molar-refractivity contribution in [2.45, 2.75) is 6.54 Å². The van der Waals surface area contributed by atoms with Crippen molar-refractivity contribution in [3.63, 3.8) is 0 Å². The topological polar surface area (TPSA) is 55.2 Å². The zero-order valence-electron chi connectivity index (χ0n) is 13.7. The van der Waals surface area contributed by atoms with Gasteiger partial charge >= 0.3 is 0 Å². The molecule has 0 aliphatic carbocycles. The van der Waals surface area contributed by atoms with Gasteiger partial charge in [-0.1, -0.05) is 47.5 Å². The second kappa shape index (κ2) is 7.72. The first-order valence-electron chi connectivity index (χ1n) is 7.81. The highest BCUT2D eigenvalue weighted by atomic mass is 35.5. The molecule has 0 unspecified atom stereocenters. The smallest absolute Gasteiger partial charge is 0.261 e. The molecule has 5 nitrogen and oxygen atoms in total. The fourth-order valence-electron chi connectivity index (χ4n) is 2.63. The summed E-state index contributed by atoms with van der Waals surface area (Å²) >= 11 is 12.1. The van der Waals surface area contributed by atoms with Gasteiger partial charge in [-0.3, -0.25) is 14.2 Å². The molecule has 132 valence electrons. The number of aromatic nitrogens is 2. The second-order valence-corrected chi connectivity index (χ2v) is 6.43. The molecule has 3 rings (SSSR count). The largest absolute Gasteiger partial charge is 0.307 e. The van der Waals surface area contributed by atoms with Gasteiger partial charge in [-0.05, 0) is 24.3 Å². The summed E-state index contributed by atoms with van der Waals surface area (Å²) in [5.74, 6) is -0.257. The van der Waals surface area contributed by atoms with Crippen molar-refractivity contribution in [2.24, 2.45) is 0 Å². The molecule has 1 amide bonds. The third-order valence-electron chi connectivity index (χ3n) is 3.83. The number of para-hydroxylation sites is 1. The highest BCUT2D eigenvalue weighted by Gasteiger charge is 2.17. The van der Waals surface area contributed by atoms with Crippen LogP contribution in [0.2, 0.25) is 10.0 Å². The first-order chi connectivity index (χ1) is 12.5. The number of carbonyl (C=O) groups excluding carboxylic acids is 1. The van der Waals surface area contributed by atoms with E-state index in [-0.39, 0.29) is 23.4 Å². The number of anilines is 1. The van der Waals surface area contributed by atoms with Crippen LogP contribution in [0.3, 0.4) is 0 Å². The van der Waals surface area contributed by atoms with E-state index in [9.17, 15) is 9.59 Å². The maximum atomic E-state index is 12.8. The highest BCUT2D eigenvalue weighted by Crippen LogP contribution is 2.24. The number of rotatable bonds is 5. The predicted molar refractivity (Wildman–Crippen MR) is 105 cm³/mol. The lowest BCUT2D eigenvalue weighted by Gasteiger charge is -2.21. The molecule has 0 bridgehead atoms. The van der Waals surface area contributed by atoms with Crippen molar-refractivity contribution in [3.8, 4) is 0 Å². The third kappa shape index (κ3) is 3.64. The van der Waals surface area contributed by atoms with Gasteiger partial charge in [0.2, 0.25) is 5.91 Å². The van der Waals surface area contributed by atoms with Crippen LogP contribution in [0.1, 0.15) is 0 Å². The van der Waals surface area contributed by atoms with Gasteiger partial charge in [0.05, 0.1) is 22.3 Å². The standard InChI is InChI=1S/C19H15Cl2N3O2/c1-2-8-24(14-6-4-3-5-7-14)17(25)11-23-12-22-18-15(19(23)26)9-13(20)10-16(18)21/h2-7,9-10,12H,1,8,11H2. The third-order valence-corrected chi connectivity index (χ3v) is 4.34. The quantitative estimate of drug-likeness (QED) is 0.623. The molecule has 2 aromatic carbocycles. The van der Waals surface area contributed by atoms with Crippen LogP contribution in [0.5, 0.6) is 0 Å². The summed E-state index contributed by atoms with van der Waals surface area (Å²) in [6.45, 7) is 3.86. The molecular weight excluding hydrogens is 373 g/mol. The van der Waals surface area contributed by atoms with Gasteiger partial charge in [0.1, 0.15) is 6.54 Å². The van der Waals surface area contributed by atoms with Crippen LogP contribution in [-0.2, 0) is 11.3 Å². The number of halogens is 2. The minimum absolute atomic E-state index is 0.158. The molecule has 0 aliphatic heterocycles. The van der Waals surface area contributed by atoms with Gasteiger partial charge in [0, 0.05) is 17.3 Å². The molecule has 1 heterocycles. The van der Waals surface area contributed by atoms with E-state index in [1.165, 1.54) is 23.0 Å². The normalized spacial score (nSPS) is 10.7. The van der Waals surface area contributed by atoms with E-state index in [1.54, 1.807) is 11.0 Å². The van der Waals surface area contributed by atoms with E-state index in [2.05, 4.69) is 11.6 Å². The molecule has 0 fully saturated rings. The van der Waals surface area contributed by atoms with Gasteiger partial charge < -0.3 is 4.90 Å². The fourth-order valence-corrected chi connectivity index (χ4v) is 3.17. The van der Waals surface area contributed by atoms with Crippen LogP contribution >= 0.6 is 23.2 Å². The van der Waals surface area contributed by atoms with Gasteiger partial charge in [0.15, 0.2) is 0 Å². The van der Waals surface area contributed by atoms with Crippen LogP contribution in [0.25, 0.3) is 10.9 Å². The first kappa shape index (κ1) is 18.2. The second-order valence-electron chi connectivity index (χ2n) is 5.59. The Labute approximate surface area is 160 Å². The molecule has 26 heavy (non-hydrogen) atoms. The van der Waals surface area contributed by atoms with Gasteiger partial charge in [-0.15, -0.1) is 6.58 Å². The summed E-state index contributed by atoms with van der Waals surface area (Å²) in [7, 11) is 0. The number of fused-ring (bicyclic) bond motifs is 1. The number of amides is 1. The molecular formula is C19H15Cl2N3O2. The summed E-state index contributed by atoms with van der Waals surface area (Å²) in [6, 6.07) is 12.2. The lowest BCUT2D eigenvalue weighted by molar-refractivity contribution is -0.119. The molecule has 0 spiro atoms. The maximum Gasteiger partial charge on any atom is 0.261 e. The minimum Gasteiger partial charge on any atom is -0.307 e. The van der Waals surface area contributed by atoms with Crippen LogP contribution in [0.15, 0.2) is 66.2 Å². The molecule has 0 atom stereocenters. The van der Waals surface area contributed by atoms with E-state index in [0.29, 0.717) is 22.1 Å². The van der Waals surface area contributed by atoms with Crippen molar-refractivity contribution in [1.82, 2.24) is 9.55 Å². The number of benzene rings is 2. The number of carbonyl (C=O) groups is 1. The fraction of sp³-hybridized carbons (Fsp3) is 0.105. The zero-order valence-corrected chi connectivity index (χ0v) is 15.2. The first-order valence-corrected chi connectivity index (χ1v) is 8.57. The summed E-state index contributed by atoms with van der Waals surface area (Å²) in [5, 5.41) is 0.900. The van der Waals surface area contributed by atoms with E-state index in [4.69, 9.17) is 23.2 Å². The van der Waals surface area contributed by atoms with Crippen LogP contribution in [0.4, 0.5) is 5.69 Å². The van der Waals surface area contributed by atoms with Crippen molar-refractivity contribution in [3.05, 3.63) is 81.8 Å². The van der Waals surface area contributed by atoms with Crippen LogP contribution in [0, 0.1) is 0 Å². The SMILES string of the molecule is C=CCN(C(=O)Cn1cnc2c(Cl)cc(Cl)cc2c1=O)c1ccccc1. The number of nitrogens with zero attached hydrogens (tertiary/aromatic N) is 3. The maximum absolute atomic E-state index is 12.8. The zero-order chi connectivity index (χ0) is 18.7. The van der Waals surface area contributed by atoms with Gasteiger partial charge in [0.25, 0.3) is 5.56 Å². The van der Waals surface area contributed by atoms with Crippen molar-refractivity contribution < 1.29 is 4.79 Å². The number of hydrogen-bond donors (Lipinski definition) is 0. The average molecular weight is 388 g/mol. The minimum atomic E-state index is -0.376. The molecule has 0 N–H and O–H groups in total. The molecule has 0 saturated heterocycles. The molecule has 7 heteroatoms. The van der Waals surface area contributed by atoms with E-state index in [0.717, 1.165) is 5.69 Å². The summed E-state index contributed by atoms with van der Waals surface area (Å²) < 4.78 is 1.25. The Kier molecular flexibility index (Phi) is 5.40. The lowest BCUT2D eigenvalue weighted by Crippen LogP contribution is -2.36. The Morgan fingerprint density at radius 1 is 1.23 bits per heavy atom. The van der Waals surface area contributed by atoms with Crippen LogP contribution in [-0.4, -0.2) is 22.0 Å². The molecule has 0 radical (unpaired) electrons. The lowest BCUT2D eigenvalue weighted by atomic mass is 10.2. The Balaban J connectivity index is 1.97. The molecule has 3 aromatic rings. The summed E-state index contributed by atoms with van der Waals surface area (Å²) in [5.41, 5.74) is 0.709. The summed E-state index contributed by atoms with van der Waals surface area (Å²) in [4.78, 5) is 31.2. The Morgan fingerprint density at radius 3 is 2.65 bits per heavy atom. The van der Waals surface area contributed by atoms with Gasteiger partial charge in [-0.2, -0.15) is 0 Å². The Bertz CT molecular complexity index is 1030.